The number of amides is 1. The summed E-state index contributed by atoms with van der Waals surface area (Å²) in [4.78, 5) is 16.9. The zero-order chi connectivity index (χ0) is 19.9. The molecule has 1 aliphatic heterocycles. The molecule has 1 saturated heterocycles. The molecule has 0 aromatic heterocycles. The molecule has 0 radical (unpaired) electrons. The highest BCUT2D eigenvalue weighted by molar-refractivity contribution is 7.99. The van der Waals surface area contributed by atoms with Gasteiger partial charge in [0.25, 0.3) is 0 Å². The Balaban J connectivity index is 1.39. The van der Waals surface area contributed by atoms with E-state index >= 15 is 0 Å². The second kappa shape index (κ2) is 9.99. The second-order valence-corrected chi connectivity index (χ2v) is 8.71. The van der Waals surface area contributed by atoms with Gasteiger partial charge in [-0.2, -0.15) is 0 Å². The molecule has 0 aliphatic carbocycles. The molecule has 0 atom stereocenters. The van der Waals surface area contributed by atoms with Crippen LogP contribution < -0.4 is 10.2 Å². The molecule has 3 rings (SSSR count). The van der Waals surface area contributed by atoms with Crippen LogP contribution in [0.15, 0.2) is 42.5 Å². The number of likely N-dealkylation sites (N-methyl/N-ethyl adjacent to an activating group) is 1. The zero-order valence-corrected chi connectivity index (χ0v) is 18.0. The standard InChI is InChI=1S/C23H31N3OS/c1-18-12-19(2)14-21(13-18)16-28-17-23(27)24-15-20-4-6-22(7-5-20)26-10-8-25(3)9-11-26/h4-7,12-14H,8-11,15-17H2,1-3H3,(H,24,27). The SMILES string of the molecule is Cc1cc(C)cc(CSCC(=O)NCc2ccc(N3CCN(C)CC3)cc2)c1. The van der Waals surface area contributed by atoms with Gasteiger partial charge in [0, 0.05) is 44.2 Å². The summed E-state index contributed by atoms with van der Waals surface area (Å²) in [5.74, 6) is 1.46. The molecule has 5 heteroatoms. The molecule has 0 unspecified atom stereocenters. The second-order valence-electron chi connectivity index (χ2n) is 7.72. The van der Waals surface area contributed by atoms with Gasteiger partial charge in [0.05, 0.1) is 5.75 Å². The average molecular weight is 398 g/mol. The zero-order valence-electron chi connectivity index (χ0n) is 17.2. The van der Waals surface area contributed by atoms with E-state index in [0.717, 1.165) is 37.5 Å². The van der Waals surface area contributed by atoms with Gasteiger partial charge in [0.1, 0.15) is 0 Å². The van der Waals surface area contributed by atoms with E-state index in [1.165, 1.54) is 22.4 Å². The Bertz CT molecular complexity index is 763. The lowest BCUT2D eigenvalue weighted by Gasteiger charge is -2.34. The van der Waals surface area contributed by atoms with Crippen molar-refractivity contribution in [1.82, 2.24) is 10.2 Å². The van der Waals surface area contributed by atoms with Gasteiger partial charge in [0.2, 0.25) is 5.91 Å². The fraction of sp³-hybridized carbons (Fsp3) is 0.435. The van der Waals surface area contributed by atoms with Crippen molar-refractivity contribution in [1.29, 1.82) is 0 Å². The molecule has 1 aliphatic rings. The molecule has 2 aromatic carbocycles. The first-order valence-electron chi connectivity index (χ1n) is 9.93. The molecule has 0 spiro atoms. The maximum absolute atomic E-state index is 12.1. The third-order valence-corrected chi connectivity index (χ3v) is 6.08. The lowest BCUT2D eigenvalue weighted by molar-refractivity contribution is -0.118. The molecule has 0 bridgehead atoms. The number of thioether (sulfide) groups is 1. The summed E-state index contributed by atoms with van der Waals surface area (Å²) in [5, 5.41) is 3.03. The predicted octanol–water partition coefficient (Wildman–Crippen LogP) is 3.60. The molecule has 2 aromatic rings. The van der Waals surface area contributed by atoms with Crippen molar-refractivity contribution in [3.63, 3.8) is 0 Å². The first-order chi connectivity index (χ1) is 13.5. The van der Waals surface area contributed by atoms with Crippen molar-refractivity contribution < 1.29 is 4.79 Å². The van der Waals surface area contributed by atoms with Crippen LogP contribution in [0.3, 0.4) is 0 Å². The molecule has 1 heterocycles. The van der Waals surface area contributed by atoms with Gasteiger partial charge in [-0.15, -0.1) is 11.8 Å². The first-order valence-corrected chi connectivity index (χ1v) is 11.1. The van der Waals surface area contributed by atoms with Gasteiger partial charge in [-0.3, -0.25) is 4.79 Å². The lowest BCUT2D eigenvalue weighted by atomic mass is 10.1. The van der Waals surface area contributed by atoms with Crippen LogP contribution in [-0.4, -0.2) is 49.8 Å². The van der Waals surface area contributed by atoms with Crippen molar-refractivity contribution in [3.05, 3.63) is 64.7 Å². The van der Waals surface area contributed by atoms with E-state index < -0.39 is 0 Å². The number of hydrogen-bond donors (Lipinski definition) is 1. The Kier molecular flexibility index (Phi) is 7.40. The molecular weight excluding hydrogens is 366 g/mol. The molecule has 1 amide bonds. The highest BCUT2D eigenvalue weighted by Crippen LogP contribution is 2.18. The Hall–Kier alpha value is -1.98. The van der Waals surface area contributed by atoms with Gasteiger partial charge in [0.15, 0.2) is 0 Å². The molecule has 150 valence electrons. The number of piperazine rings is 1. The van der Waals surface area contributed by atoms with Crippen LogP contribution in [0.2, 0.25) is 0 Å². The summed E-state index contributed by atoms with van der Waals surface area (Å²) < 4.78 is 0. The quantitative estimate of drug-likeness (QED) is 0.774. The number of anilines is 1. The fourth-order valence-corrected chi connectivity index (χ4v) is 4.35. The topological polar surface area (TPSA) is 35.6 Å². The van der Waals surface area contributed by atoms with Crippen molar-refractivity contribution in [3.8, 4) is 0 Å². The maximum Gasteiger partial charge on any atom is 0.230 e. The molecular formula is C23H31N3OS. The number of hydrogen-bond acceptors (Lipinski definition) is 4. The number of carbonyl (C=O) groups excluding carboxylic acids is 1. The minimum absolute atomic E-state index is 0.0949. The Morgan fingerprint density at radius 1 is 0.964 bits per heavy atom. The van der Waals surface area contributed by atoms with Crippen LogP contribution in [-0.2, 0) is 17.1 Å². The van der Waals surface area contributed by atoms with Crippen molar-refractivity contribution in [2.75, 3.05) is 43.9 Å². The van der Waals surface area contributed by atoms with Crippen molar-refractivity contribution in [2.24, 2.45) is 0 Å². The van der Waals surface area contributed by atoms with E-state index in [2.05, 4.69) is 78.5 Å². The highest BCUT2D eigenvalue weighted by Gasteiger charge is 2.14. The number of carbonyl (C=O) groups is 1. The molecule has 1 N–H and O–H groups in total. The summed E-state index contributed by atoms with van der Waals surface area (Å²) in [5.41, 5.74) is 6.26. The normalized spacial score (nSPS) is 14.9. The van der Waals surface area contributed by atoms with Crippen LogP contribution in [0.5, 0.6) is 0 Å². The van der Waals surface area contributed by atoms with E-state index in [1.54, 1.807) is 11.8 Å². The summed E-state index contributed by atoms with van der Waals surface area (Å²) in [6.45, 7) is 9.18. The summed E-state index contributed by atoms with van der Waals surface area (Å²) in [6.07, 6.45) is 0. The number of aryl methyl sites for hydroxylation is 2. The Morgan fingerprint density at radius 2 is 1.61 bits per heavy atom. The average Bonchev–Trinajstić information content (AvgIpc) is 2.67. The smallest absolute Gasteiger partial charge is 0.230 e. The van der Waals surface area contributed by atoms with Crippen molar-refractivity contribution in [2.45, 2.75) is 26.1 Å². The highest BCUT2D eigenvalue weighted by atomic mass is 32.2. The van der Waals surface area contributed by atoms with Crippen LogP contribution in [0.25, 0.3) is 0 Å². The van der Waals surface area contributed by atoms with E-state index in [9.17, 15) is 4.79 Å². The summed E-state index contributed by atoms with van der Waals surface area (Å²) >= 11 is 1.67. The lowest BCUT2D eigenvalue weighted by Crippen LogP contribution is -2.44. The minimum Gasteiger partial charge on any atom is -0.369 e. The van der Waals surface area contributed by atoms with Crippen molar-refractivity contribution >= 4 is 23.4 Å². The van der Waals surface area contributed by atoms with Gasteiger partial charge < -0.3 is 15.1 Å². The molecule has 1 fully saturated rings. The molecule has 28 heavy (non-hydrogen) atoms. The van der Waals surface area contributed by atoms with Crippen LogP contribution in [0.1, 0.15) is 22.3 Å². The first kappa shape index (κ1) is 20.7. The number of nitrogens with zero attached hydrogens (tertiary/aromatic N) is 2. The number of benzene rings is 2. The number of rotatable bonds is 7. The van der Waals surface area contributed by atoms with Crippen LogP contribution in [0.4, 0.5) is 5.69 Å². The van der Waals surface area contributed by atoms with E-state index in [0.29, 0.717) is 12.3 Å². The fourth-order valence-electron chi connectivity index (χ4n) is 3.55. The Labute approximate surface area is 173 Å². The largest absolute Gasteiger partial charge is 0.369 e. The van der Waals surface area contributed by atoms with Crippen LogP contribution in [0, 0.1) is 13.8 Å². The monoisotopic (exact) mass is 397 g/mol. The number of nitrogens with one attached hydrogen (secondary N) is 1. The Morgan fingerprint density at radius 3 is 2.25 bits per heavy atom. The van der Waals surface area contributed by atoms with Crippen LogP contribution >= 0.6 is 11.8 Å². The third-order valence-electron chi connectivity index (χ3n) is 5.08. The molecule has 0 saturated carbocycles. The van der Waals surface area contributed by atoms with Gasteiger partial charge in [-0.05, 0) is 44.2 Å². The van der Waals surface area contributed by atoms with E-state index in [-0.39, 0.29) is 5.91 Å². The summed E-state index contributed by atoms with van der Waals surface area (Å²) in [6, 6.07) is 15.1. The molecule has 4 nitrogen and oxygen atoms in total. The van der Waals surface area contributed by atoms with Gasteiger partial charge in [-0.25, -0.2) is 0 Å². The minimum atomic E-state index is 0.0949. The van der Waals surface area contributed by atoms with E-state index in [4.69, 9.17) is 0 Å². The third kappa shape index (κ3) is 6.28. The van der Waals surface area contributed by atoms with Gasteiger partial charge >= 0.3 is 0 Å². The van der Waals surface area contributed by atoms with E-state index in [1.807, 2.05) is 0 Å². The maximum atomic E-state index is 12.1. The summed E-state index contributed by atoms with van der Waals surface area (Å²) in [7, 11) is 2.17. The van der Waals surface area contributed by atoms with Gasteiger partial charge in [-0.1, -0.05) is 41.5 Å². The predicted molar refractivity (Wildman–Crippen MR) is 120 cm³/mol.